The van der Waals surface area contributed by atoms with Gasteiger partial charge in [0.1, 0.15) is 43.4 Å². The minimum absolute atomic E-state index is 0.0304. The van der Waals surface area contributed by atoms with Crippen LogP contribution in [0.4, 0.5) is 10.1 Å². The van der Waals surface area contributed by atoms with E-state index in [1.54, 1.807) is 43.3 Å². The molecule has 2 heterocycles. The summed E-state index contributed by atoms with van der Waals surface area (Å²) in [4.78, 5) is 16.1. The van der Waals surface area contributed by atoms with Crippen LogP contribution < -0.4 is 19.1 Å². The van der Waals surface area contributed by atoms with Gasteiger partial charge in [-0.25, -0.2) is 4.39 Å². The zero-order valence-electron chi connectivity index (χ0n) is 19.9. The normalized spacial score (nSPS) is 15.7. The molecule has 2 aromatic rings. The van der Waals surface area contributed by atoms with E-state index in [0.29, 0.717) is 37.5 Å². The van der Waals surface area contributed by atoms with Gasteiger partial charge in [-0.05, 0) is 6.07 Å². The lowest BCUT2D eigenvalue weighted by atomic mass is 10.1. The van der Waals surface area contributed by atoms with Gasteiger partial charge in [0.15, 0.2) is 0 Å². The molecule has 0 N–H and O–H groups in total. The molecule has 1 aliphatic heterocycles. The van der Waals surface area contributed by atoms with E-state index in [1.165, 1.54) is 0 Å². The number of anilines is 1. The highest BCUT2D eigenvalue weighted by molar-refractivity contribution is 5.60. The first-order valence-electron chi connectivity index (χ1n) is 11.0. The van der Waals surface area contributed by atoms with Crippen molar-refractivity contribution in [3.8, 4) is 24.1 Å². The standard InChI is InChI=1S/C24H29FN6O4/c1-5-10-33-22-27-23(34-11-6-2)29-24(28-22)35-16-18-15-31(9-12-32-18)14-17-7-8-20(30(3)4)19(13-26)21(17)25/h5-8,18H,1-2,9-12,14-16H2,3-4H3. The summed E-state index contributed by atoms with van der Waals surface area (Å²) >= 11 is 0. The van der Waals surface area contributed by atoms with Crippen LogP contribution in [0, 0.1) is 17.1 Å². The molecule has 1 aliphatic rings. The lowest BCUT2D eigenvalue weighted by Crippen LogP contribution is -2.44. The second-order valence-corrected chi connectivity index (χ2v) is 7.86. The molecule has 10 nitrogen and oxygen atoms in total. The molecule has 11 heteroatoms. The minimum atomic E-state index is -0.498. The molecule has 1 aromatic heterocycles. The second-order valence-electron chi connectivity index (χ2n) is 7.86. The Morgan fingerprint density at radius 1 is 1.14 bits per heavy atom. The number of hydrogen-bond acceptors (Lipinski definition) is 10. The van der Waals surface area contributed by atoms with Gasteiger partial charge >= 0.3 is 18.0 Å². The van der Waals surface area contributed by atoms with Crippen LogP contribution in [0.15, 0.2) is 37.4 Å². The summed E-state index contributed by atoms with van der Waals surface area (Å²) in [6.07, 6.45) is 2.83. The Morgan fingerprint density at radius 3 is 2.34 bits per heavy atom. The number of aromatic nitrogens is 3. The Balaban J connectivity index is 1.64. The van der Waals surface area contributed by atoms with Crippen LogP contribution in [0.5, 0.6) is 18.0 Å². The molecule has 1 unspecified atom stereocenters. The fourth-order valence-electron chi connectivity index (χ4n) is 3.42. The summed E-state index contributed by atoms with van der Waals surface area (Å²) in [5.41, 5.74) is 1.05. The van der Waals surface area contributed by atoms with Crippen LogP contribution in [-0.4, -0.2) is 79.6 Å². The molecule has 1 saturated heterocycles. The Kier molecular flexibility index (Phi) is 9.34. The van der Waals surface area contributed by atoms with Gasteiger partial charge in [0.2, 0.25) is 0 Å². The Labute approximate surface area is 204 Å². The molecule has 186 valence electrons. The van der Waals surface area contributed by atoms with Crippen molar-refractivity contribution in [2.75, 3.05) is 58.5 Å². The number of rotatable bonds is 12. The van der Waals surface area contributed by atoms with E-state index < -0.39 is 5.82 Å². The number of nitriles is 1. The summed E-state index contributed by atoms with van der Waals surface area (Å²) < 4.78 is 37.3. The molecule has 3 rings (SSSR count). The summed E-state index contributed by atoms with van der Waals surface area (Å²) in [6.45, 7) is 9.70. The predicted molar refractivity (Wildman–Crippen MR) is 127 cm³/mol. The molecule has 0 bridgehead atoms. The Bertz CT molecular complexity index is 1040. The van der Waals surface area contributed by atoms with E-state index >= 15 is 0 Å². The summed E-state index contributed by atoms with van der Waals surface area (Å²) in [6, 6.07) is 5.57. The quantitative estimate of drug-likeness (QED) is 0.417. The smallest absolute Gasteiger partial charge is 0.326 e. The average Bonchev–Trinajstić information content (AvgIpc) is 2.86. The molecule has 1 aromatic carbocycles. The fraction of sp³-hybridized carbons (Fsp3) is 0.417. The van der Waals surface area contributed by atoms with Crippen molar-refractivity contribution in [1.29, 1.82) is 5.26 Å². The van der Waals surface area contributed by atoms with Gasteiger partial charge in [-0.15, -0.1) is 15.0 Å². The molecule has 0 radical (unpaired) electrons. The van der Waals surface area contributed by atoms with E-state index in [0.717, 1.165) is 0 Å². The summed E-state index contributed by atoms with van der Waals surface area (Å²) in [5, 5.41) is 9.42. The van der Waals surface area contributed by atoms with Gasteiger partial charge in [0, 0.05) is 39.3 Å². The third-order valence-electron chi connectivity index (χ3n) is 5.04. The van der Waals surface area contributed by atoms with E-state index in [1.807, 2.05) is 6.07 Å². The van der Waals surface area contributed by atoms with Crippen molar-refractivity contribution in [2.24, 2.45) is 0 Å². The van der Waals surface area contributed by atoms with Crippen molar-refractivity contribution in [3.05, 3.63) is 54.4 Å². The topological polar surface area (TPSA) is 106 Å². The maximum atomic E-state index is 15.0. The van der Waals surface area contributed by atoms with E-state index in [-0.39, 0.29) is 49.5 Å². The second kappa shape index (κ2) is 12.6. The molecule has 1 fully saturated rings. The van der Waals surface area contributed by atoms with Crippen LogP contribution >= 0.6 is 0 Å². The summed E-state index contributed by atoms with van der Waals surface area (Å²) in [7, 11) is 3.55. The molecule has 0 aliphatic carbocycles. The van der Waals surface area contributed by atoms with Crippen molar-refractivity contribution >= 4 is 5.69 Å². The fourth-order valence-corrected chi connectivity index (χ4v) is 3.42. The SMILES string of the molecule is C=CCOc1nc(OCC=C)nc(OCC2CN(Cc3ccc(N(C)C)c(C#N)c3F)CCO2)n1. The van der Waals surface area contributed by atoms with Crippen molar-refractivity contribution in [1.82, 2.24) is 19.9 Å². The summed E-state index contributed by atoms with van der Waals surface area (Å²) in [5.74, 6) is -0.498. The van der Waals surface area contributed by atoms with Gasteiger partial charge < -0.3 is 23.8 Å². The van der Waals surface area contributed by atoms with Gasteiger partial charge in [-0.3, -0.25) is 4.90 Å². The van der Waals surface area contributed by atoms with Gasteiger partial charge in [-0.2, -0.15) is 5.26 Å². The third-order valence-corrected chi connectivity index (χ3v) is 5.04. The van der Waals surface area contributed by atoms with Crippen LogP contribution in [0.2, 0.25) is 0 Å². The number of benzene rings is 1. The average molecular weight is 485 g/mol. The zero-order valence-corrected chi connectivity index (χ0v) is 19.9. The molecule has 0 spiro atoms. The Morgan fingerprint density at radius 2 is 1.77 bits per heavy atom. The third kappa shape index (κ3) is 7.11. The highest BCUT2D eigenvalue weighted by Crippen LogP contribution is 2.25. The molecular formula is C24H29FN6O4. The first-order chi connectivity index (χ1) is 16.9. The highest BCUT2D eigenvalue weighted by Gasteiger charge is 2.24. The molecule has 1 atom stereocenters. The molecular weight excluding hydrogens is 455 g/mol. The van der Waals surface area contributed by atoms with E-state index in [2.05, 4.69) is 33.0 Å². The predicted octanol–water partition coefficient (Wildman–Crippen LogP) is 2.36. The van der Waals surface area contributed by atoms with Crippen molar-refractivity contribution in [3.63, 3.8) is 0 Å². The number of nitrogens with zero attached hydrogens (tertiary/aromatic N) is 6. The van der Waals surface area contributed by atoms with Gasteiger partial charge in [0.05, 0.1) is 12.3 Å². The maximum absolute atomic E-state index is 15.0. The zero-order chi connectivity index (χ0) is 25.2. The molecule has 0 saturated carbocycles. The largest absolute Gasteiger partial charge is 0.460 e. The minimum Gasteiger partial charge on any atom is -0.460 e. The Hall–Kier alpha value is -3.75. The molecule has 0 amide bonds. The maximum Gasteiger partial charge on any atom is 0.326 e. The van der Waals surface area contributed by atoms with Crippen LogP contribution in [0.1, 0.15) is 11.1 Å². The van der Waals surface area contributed by atoms with E-state index in [9.17, 15) is 9.65 Å². The number of halogens is 1. The molecule has 35 heavy (non-hydrogen) atoms. The van der Waals surface area contributed by atoms with Crippen LogP contribution in [-0.2, 0) is 11.3 Å². The van der Waals surface area contributed by atoms with Crippen molar-refractivity contribution in [2.45, 2.75) is 12.6 Å². The first-order valence-corrected chi connectivity index (χ1v) is 11.0. The number of morpholine rings is 1. The highest BCUT2D eigenvalue weighted by atomic mass is 19.1. The van der Waals surface area contributed by atoms with Crippen molar-refractivity contribution < 1.29 is 23.3 Å². The first kappa shape index (κ1) is 25.9. The number of ether oxygens (including phenoxy) is 4. The van der Waals surface area contributed by atoms with E-state index in [4.69, 9.17) is 18.9 Å². The lowest BCUT2D eigenvalue weighted by molar-refractivity contribution is -0.0520. The monoisotopic (exact) mass is 484 g/mol. The lowest BCUT2D eigenvalue weighted by Gasteiger charge is -2.32. The van der Waals surface area contributed by atoms with Crippen LogP contribution in [0.3, 0.4) is 0 Å². The van der Waals surface area contributed by atoms with Crippen LogP contribution in [0.25, 0.3) is 0 Å². The number of hydrogen-bond donors (Lipinski definition) is 0. The van der Waals surface area contributed by atoms with Gasteiger partial charge in [-0.1, -0.05) is 31.4 Å². The van der Waals surface area contributed by atoms with Gasteiger partial charge in [0.25, 0.3) is 0 Å².